The van der Waals surface area contributed by atoms with Crippen molar-refractivity contribution in [3.8, 4) is 0 Å². The van der Waals surface area contributed by atoms with E-state index in [0.717, 1.165) is 26.2 Å². The van der Waals surface area contributed by atoms with Gasteiger partial charge in [-0.25, -0.2) is 0 Å². The van der Waals surface area contributed by atoms with E-state index in [1.807, 2.05) is 10.9 Å². The maximum absolute atomic E-state index is 4.96. The van der Waals surface area contributed by atoms with E-state index in [1.165, 1.54) is 11.3 Å². The van der Waals surface area contributed by atoms with Gasteiger partial charge in [-0.1, -0.05) is 0 Å². The van der Waals surface area contributed by atoms with Gasteiger partial charge in [-0.2, -0.15) is 5.10 Å². The predicted octanol–water partition coefficient (Wildman–Crippen LogP) is 0.947. The van der Waals surface area contributed by atoms with Crippen LogP contribution in [-0.2, 0) is 17.8 Å². The second-order valence-electron chi connectivity index (χ2n) is 3.26. The largest absolute Gasteiger partial charge is 0.383 e. The second-order valence-corrected chi connectivity index (χ2v) is 3.26. The number of nitrogens with one attached hydrogen (secondary N) is 1. The number of hydrogen-bond donors (Lipinski definition) is 1. The van der Waals surface area contributed by atoms with Crippen LogP contribution in [0.15, 0.2) is 6.20 Å². The third kappa shape index (κ3) is 2.82. The molecule has 0 aliphatic rings. The van der Waals surface area contributed by atoms with E-state index in [4.69, 9.17) is 4.74 Å². The van der Waals surface area contributed by atoms with E-state index in [0.29, 0.717) is 0 Å². The summed E-state index contributed by atoms with van der Waals surface area (Å²) in [5.41, 5.74) is 2.51. The van der Waals surface area contributed by atoms with Crippen molar-refractivity contribution < 1.29 is 4.74 Å². The van der Waals surface area contributed by atoms with Crippen LogP contribution in [0.5, 0.6) is 0 Å². The highest BCUT2D eigenvalue weighted by Crippen LogP contribution is 2.06. The summed E-state index contributed by atoms with van der Waals surface area (Å²) < 4.78 is 6.99. The van der Waals surface area contributed by atoms with Crippen molar-refractivity contribution in [1.29, 1.82) is 0 Å². The lowest BCUT2D eigenvalue weighted by molar-refractivity contribution is 0.199. The Morgan fingerprint density at radius 2 is 2.36 bits per heavy atom. The van der Waals surface area contributed by atoms with Crippen LogP contribution in [0.2, 0.25) is 0 Å². The predicted molar refractivity (Wildman–Crippen MR) is 56.2 cm³/mol. The monoisotopic (exact) mass is 197 g/mol. The van der Waals surface area contributed by atoms with Crippen LogP contribution in [0.25, 0.3) is 0 Å². The molecular formula is C10H19N3O. The van der Waals surface area contributed by atoms with E-state index in [2.05, 4.69) is 24.3 Å². The number of rotatable bonds is 6. The molecule has 0 radical (unpaired) electrons. The molecule has 0 fully saturated rings. The molecule has 80 valence electrons. The van der Waals surface area contributed by atoms with Crippen LogP contribution >= 0.6 is 0 Å². The molecule has 1 aromatic heterocycles. The summed E-state index contributed by atoms with van der Waals surface area (Å²) in [7, 11) is 1.71. The van der Waals surface area contributed by atoms with E-state index in [1.54, 1.807) is 7.11 Å². The molecule has 14 heavy (non-hydrogen) atoms. The minimum atomic E-state index is 0.749. The molecule has 1 rings (SSSR count). The zero-order valence-corrected chi connectivity index (χ0v) is 9.21. The van der Waals surface area contributed by atoms with Gasteiger partial charge in [0.2, 0.25) is 0 Å². The van der Waals surface area contributed by atoms with Gasteiger partial charge in [-0.05, 0) is 19.4 Å². The minimum Gasteiger partial charge on any atom is -0.383 e. The average Bonchev–Trinajstić information content (AvgIpc) is 2.55. The molecule has 0 unspecified atom stereocenters. The van der Waals surface area contributed by atoms with Crippen LogP contribution < -0.4 is 5.32 Å². The maximum atomic E-state index is 4.96. The van der Waals surface area contributed by atoms with E-state index < -0.39 is 0 Å². The molecule has 4 nitrogen and oxygen atoms in total. The molecule has 0 spiro atoms. The molecule has 0 aliphatic heterocycles. The second kappa shape index (κ2) is 5.78. The molecule has 0 atom stereocenters. The van der Waals surface area contributed by atoms with Gasteiger partial charge in [0.05, 0.1) is 18.5 Å². The number of methoxy groups -OCH3 is 1. The Bertz CT molecular complexity index is 270. The van der Waals surface area contributed by atoms with Gasteiger partial charge >= 0.3 is 0 Å². The van der Waals surface area contributed by atoms with Gasteiger partial charge in [0, 0.05) is 26.7 Å². The van der Waals surface area contributed by atoms with Crippen LogP contribution in [-0.4, -0.2) is 30.0 Å². The lowest BCUT2D eigenvalue weighted by Gasteiger charge is -2.07. The van der Waals surface area contributed by atoms with E-state index in [-0.39, 0.29) is 0 Å². The van der Waals surface area contributed by atoms with Crippen molar-refractivity contribution in [3.63, 3.8) is 0 Å². The number of hydrogen-bond acceptors (Lipinski definition) is 3. The first-order chi connectivity index (χ1) is 6.79. The summed E-state index contributed by atoms with van der Waals surface area (Å²) in [5, 5.41) is 7.60. The Morgan fingerprint density at radius 3 is 3.00 bits per heavy atom. The van der Waals surface area contributed by atoms with Gasteiger partial charge < -0.3 is 10.1 Å². The first-order valence-electron chi connectivity index (χ1n) is 5.00. The Morgan fingerprint density at radius 1 is 1.57 bits per heavy atom. The third-order valence-electron chi connectivity index (χ3n) is 2.23. The maximum Gasteiger partial charge on any atom is 0.0587 e. The third-order valence-corrected chi connectivity index (χ3v) is 2.23. The Hall–Kier alpha value is -0.870. The molecule has 0 aliphatic carbocycles. The summed E-state index contributed by atoms with van der Waals surface area (Å²) in [6.07, 6.45) is 1.91. The number of nitrogens with zero attached hydrogens (tertiary/aromatic N) is 2. The summed E-state index contributed by atoms with van der Waals surface area (Å²) in [6, 6.07) is 0. The number of ether oxygens (including phenoxy) is 1. The Labute approximate surface area is 85.3 Å². The topological polar surface area (TPSA) is 39.1 Å². The lowest BCUT2D eigenvalue weighted by atomic mass is 10.3. The zero-order valence-electron chi connectivity index (χ0n) is 9.21. The normalized spacial score (nSPS) is 10.8. The minimum absolute atomic E-state index is 0.749. The zero-order chi connectivity index (χ0) is 10.4. The first-order valence-corrected chi connectivity index (χ1v) is 5.00. The van der Waals surface area contributed by atoms with Crippen molar-refractivity contribution in [1.82, 2.24) is 15.1 Å². The van der Waals surface area contributed by atoms with Crippen LogP contribution in [0, 0.1) is 6.92 Å². The molecule has 1 heterocycles. The summed E-state index contributed by atoms with van der Waals surface area (Å²) >= 11 is 0. The van der Waals surface area contributed by atoms with Gasteiger partial charge in [0.25, 0.3) is 0 Å². The van der Waals surface area contributed by atoms with Gasteiger partial charge in [-0.3, -0.25) is 4.68 Å². The smallest absolute Gasteiger partial charge is 0.0587 e. The molecule has 1 aromatic rings. The van der Waals surface area contributed by atoms with E-state index >= 15 is 0 Å². The fraction of sp³-hybridized carbons (Fsp3) is 0.700. The Kier molecular flexibility index (Phi) is 4.62. The molecule has 0 saturated carbocycles. The highest BCUT2D eigenvalue weighted by Gasteiger charge is 2.04. The van der Waals surface area contributed by atoms with Gasteiger partial charge in [-0.15, -0.1) is 0 Å². The van der Waals surface area contributed by atoms with Crippen molar-refractivity contribution in [2.24, 2.45) is 0 Å². The molecule has 0 amide bonds. The standard InChI is InChI=1S/C10H19N3O/c1-4-13-10(9(2)7-12-13)8-11-5-6-14-3/h7,11H,4-6,8H2,1-3H3. The van der Waals surface area contributed by atoms with E-state index in [9.17, 15) is 0 Å². The molecule has 0 saturated heterocycles. The average molecular weight is 197 g/mol. The fourth-order valence-electron chi connectivity index (χ4n) is 1.39. The molecule has 0 aromatic carbocycles. The van der Waals surface area contributed by atoms with Gasteiger partial charge in [0.1, 0.15) is 0 Å². The molecular weight excluding hydrogens is 178 g/mol. The SMILES string of the molecule is CCn1ncc(C)c1CNCCOC. The van der Waals surface area contributed by atoms with Crippen molar-refractivity contribution >= 4 is 0 Å². The summed E-state index contributed by atoms with van der Waals surface area (Å²) in [6.45, 7) is 7.61. The summed E-state index contributed by atoms with van der Waals surface area (Å²) in [5.74, 6) is 0. The number of aryl methyl sites for hydroxylation is 2. The van der Waals surface area contributed by atoms with Crippen molar-refractivity contribution in [2.45, 2.75) is 26.9 Å². The van der Waals surface area contributed by atoms with Crippen LogP contribution in [0.1, 0.15) is 18.2 Å². The highest BCUT2D eigenvalue weighted by molar-refractivity contribution is 5.15. The molecule has 4 heteroatoms. The molecule has 0 bridgehead atoms. The number of aromatic nitrogens is 2. The quantitative estimate of drug-likeness (QED) is 0.690. The Balaban J connectivity index is 2.44. The fourth-order valence-corrected chi connectivity index (χ4v) is 1.39. The van der Waals surface area contributed by atoms with Crippen molar-refractivity contribution in [2.75, 3.05) is 20.3 Å². The van der Waals surface area contributed by atoms with Crippen molar-refractivity contribution in [3.05, 3.63) is 17.5 Å². The van der Waals surface area contributed by atoms with Gasteiger partial charge in [0.15, 0.2) is 0 Å². The lowest BCUT2D eigenvalue weighted by Crippen LogP contribution is -2.21. The molecule has 1 N–H and O–H groups in total. The summed E-state index contributed by atoms with van der Waals surface area (Å²) in [4.78, 5) is 0. The van der Waals surface area contributed by atoms with Crippen LogP contribution in [0.3, 0.4) is 0 Å². The van der Waals surface area contributed by atoms with Crippen LogP contribution in [0.4, 0.5) is 0 Å². The first kappa shape index (κ1) is 11.2. The highest BCUT2D eigenvalue weighted by atomic mass is 16.5.